The van der Waals surface area contributed by atoms with Crippen molar-refractivity contribution in [3.63, 3.8) is 0 Å². The van der Waals surface area contributed by atoms with E-state index in [-0.39, 0.29) is 11.5 Å². The van der Waals surface area contributed by atoms with Crippen molar-refractivity contribution in [2.45, 2.75) is 40.2 Å². The summed E-state index contributed by atoms with van der Waals surface area (Å²) in [6.45, 7) is 6.70. The molecule has 2 aromatic carbocycles. The zero-order chi connectivity index (χ0) is 21.6. The number of hydrogen-bond acceptors (Lipinski definition) is 2. The van der Waals surface area contributed by atoms with E-state index in [4.69, 9.17) is 5.73 Å². The highest BCUT2D eigenvalue weighted by atomic mass is 19.1. The third-order valence-corrected chi connectivity index (χ3v) is 6.14. The number of primary amides is 1. The van der Waals surface area contributed by atoms with Crippen molar-refractivity contribution in [3.05, 3.63) is 63.5 Å². The standard InChI is InChI=1S/C25H23FN2O2/c1-4-5-22(29)28-9-8-16-11-17(6-7-18(16)13-28)24-21(26)12-20(25(27)30)19-10-14(2)15(3)23(19)24/h6-7,11-12H,8-10,13H2,1-3H3,(H2,27,30). The van der Waals surface area contributed by atoms with Gasteiger partial charge < -0.3 is 10.6 Å². The highest BCUT2D eigenvalue weighted by molar-refractivity contribution is 6.00. The smallest absolute Gasteiger partial charge is 0.298 e. The van der Waals surface area contributed by atoms with Crippen LogP contribution in [-0.2, 0) is 24.2 Å². The molecular weight excluding hydrogens is 379 g/mol. The number of benzene rings is 2. The van der Waals surface area contributed by atoms with E-state index < -0.39 is 11.7 Å². The molecule has 2 amide bonds. The maximum atomic E-state index is 15.2. The third kappa shape index (κ3) is 3.19. The van der Waals surface area contributed by atoms with Crippen LogP contribution >= 0.6 is 0 Å². The van der Waals surface area contributed by atoms with Gasteiger partial charge >= 0.3 is 0 Å². The van der Waals surface area contributed by atoms with Gasteiger partial charge in [-0.2, -0.15) is 0 Å². The van der Waals surface area contributed by atoms with Gasteiger partial charge in [0.1, 0.15) is 5.82 Å². The van der Waals surface area contributed by atoms with Gasteiger partial charge in [-0.05, 0) is 79.0 Å². The summed E-state index contributed by atoms with van der Waals surface area (Å²) >= 11 is 0. The minimum atomic E-state index is -0.607. The molecule has 0 saturated heterocycles. The number of halogens is 1. The second-order valence-electron chi connectivity index (χ2n) is 7.92. The Balaban J connectivity index is 1.80. The summed E-state index contributed by atoms with van der Waals surface area (Å²) < 4.78 is 15.2. The first-order valence-electron chi connectivity index (χ1n) is 9.97. The number of allylic oxidation sites excluding steroid dienone is 2. The molecule has 5 heteroatoms. The zero-order valence-electron chi connectivity index (χ0n) is 17.4. The van der Waals surface area contributed by atoms with E-state index in [0.29, 0.717) is 31.5 Å². The Hall–Kier alpha value is -3.39. The second-order valence-corrected chi connectivity index (χ2v) is 7.92. The Bertz CT molecular complexity index is 1200. The number of nitrogens with two attached hydrogens (primary N) is 1. The van der Waals surface area contributed by atoms with Crippen LogP contribution in [0.15, 0.2) is 29.8 Å². The monoisotopic (exact) mass is 402 g/mol. The molecule has 0 aromatic heterocycles. The number of fused-ring (bicyclic) bond motifs is 2. The number of hydrogen-bond donors (Lipinski definition) is 1. The molecule has 0 fully saturated rings. The molecule has 0 atom stereocenters. The summed E-state index contributed by atoms with van der Waals surface area (Å²) in [6, 6.07) is 7.12. The van der Waals surface area contributed by atoms with Crippen molar-refractivity contribution in [2.24, 2.45) is 5.73 Å². The molecule has 0 spiro atoms. The molecule has 2 aliphatic rings. The van der Waals surface area contributed by atoms with E-state index in [2.05, 4.69) is 11.8 Å². The lowest BCUT2D eigenvalue weighted by Crippen LogP contribution is -2.35. The van der Waals surface area contributed by atoms with Crippen molar-refractivity contribution in [3.8, 4) is 23.0 Å². The molecule has 1 aliphatic carbocycles. The van der Waals surface area contributed by atoms with Crippen LogP contribution in [0, 0.1) is 17.7 Å². The summed E-state index contributed by atoms with van der Waals surface area (Å²) in [5.74, 6) is 4.02. The molecule has 2 aromatic rings. The molecule has 1 heterocycles. The van der Waals surface area contributed by atoms with Crippen molar-refractivity contribution < 1.29 is 14.0 Å². The Morgan fingerprint density at radius 3 is 2.60 bits per heavy atom. The van der Waals surface area contributed by atoms with Gasteiger partial charge in [-0.3, -0.25) is 9.59 Å². The van der Waals surface area contributed by atoms with Gasteiger partial charge in [-0.1, -0.05) is 29.7 Å². The highest BCUT2D eigenvalue weighted by Gasteiger charge is 2.28. The molecule has 4 rings (SSSR count). The predicted molar refractivity (Wildman–Crippen MR) is 115 cm³/mol. The Kier molecular flexibility index (Phi) is 4.95. The minimum Gasteiger partial charge on any atom is -0.366 e. The molecule has 4 nitrogen and oxygen atoms in total. The summed E-state index contributed by atoms with van der Waals surface area (Å²) in [7, 11) is 0. The van der Waals surface area contributed by atoms with E-state index in [1.165, 1.54) is 6.07 Å². The van der Waals surface area contributed by atoms with Gasteiger partial charge in [0.15, 0.2) is 0 Å². The van der Waals surface area contributed by atoms with Crippen molar-refractivity contribution in [2.75, 3.05) is 6.54 Å². The van der Waals surface area contributed by atoms with Crippen LogP contribution in [0.4, 0.5) is 4.39 Å². The molecule has 2 N–H and O–H groups in total. The molecular formula is C25H23FN2O2. The normalized spacial score (nSPS) is 14.7. The maximum absolute atomic E-state index is 15.2. The average Bonchev–Trinajstić information content (AvgIpc) is 3.01. The van der Waals surface area contributed by atoms with Crippen molar-refractivity contribution in [1.29, 1.82) is 0 Å². The van der Waals surface area contributed by atoms with E-state index >= 15 is 4.39 Å². The Morgan fingerprint density at radius 2 is 1.90 bits per heavy atom. The average molecular weight is 402 g/mol. The van der Waals surface area contributed by atoms with Gasteiger partial charge in [-0.25, -0.2) is 4.39 Å². The lowest BCUT2D eigenvalue weighted by Gasteiger charge is -2.28. The fraction of sp³-hybridized carbons (Fsp3) is 0.280. The largest absolute Gasteiger partial charge is 0.366 e. The molecule has 152 valence electrons. The summed E-state index contributed by atoms with van der Waals surface area (Å²) in [5.41, 5.74) is 12.9. The fourth-order valence-corrected chi connectivity index (χ4v) is 4.47. The van der Waals surface area contributed by atoms with E-state index in [1.54, 1.807) is 11.8 Å². The molecule has 0 unspecified atom stereocenters. The Morgan fingerprint density at radius 1 is 1.13 bits per heavy atom. The fourth-order valence-electron chi connectivity index (χ4n) is 4.47. The van der Waals surface area contributed by atoms with Gasteiger partial charge in [-0.15, -0.1) is 0 Å². The van der Waals surface area contributed by atoms with Crippen LogP contribution in [0.25, 0.3) is 16.7 Å². The van der Waals surface area contributed by atoms with Crippen LogP contribution in [-0.4, -0.2) is 23.3 Å². The first-order chi connectivity index (χ1) is 14.3. The van der Waals surface area contributed by atoms with Crippen LogP contribution in [0.2, 0.25) is 0 Å². The highest BCUT2D eigenvalue weighted by Crippen LogP contribution is 2.43. The second kappa shape index (κ2) is 7.46. The molecule has 0 bridgehead atoms. The van der Waals surface area contributed by atoms with Gasteiger partial charge in [0, 0.05) is 24.2 Å². The van der Waals surface area contributed by atoms with Gasteiger partial charge in [0.25, 0.3) is 5.91 Å². The number of carbonyl (C=O) groups is 2. The lowest BCUT2D eigenvalue weighted by molar-refractivity contribution is -0.125. The summed E-state index contributed by atoms with van der Waals surface area (Å²) in [5, 5.41) is 0. The van der Waals surface area contributed by atoms with Crippen molar-refractivity contribution in [1.82, 2.24) is 4.90 Å². The first-order valence-corrected chi connectivity index (χ1v) is 9.97. The number of rotatable bonds is 2. The summed E-state index contributed by atoms with van der Waals surface area (Å²) in [4.78, 5) is 25.7. The Labute approximate surface area is 175 Å². The lowest BCUT2D eigenvalue weighted by atomic mass is 9.88. The van der Waals surface area contributed by atoms with Crippen LogP contribution in [0.3, 0.4) is 0 Å². The van der Waals surface area contributed by atoms with Gasteiger partial charge in [0.05, 0.1) is 0 Å². The van der Waals surface area contributed by atoms with Gasteiger partial charge in [0.2, 0.25) is 5.91 Å². The molecule has 0 radical (unpaired) electrons. The predicted octanol–water partition coefficient (Wildman–Crippen LogP) is 3.85. The number of carbonyl (C=O) groups excluding carboxylic acids is 2. The van der Waals surface area contributed by atoms with E-state index in [9.17, 15) is 9.59 Å². The topological polar surface area (TPSA) is 63.4 Å². The van der Waals surface area contributed by atoms with E-state index in [1.807, 2.05) is 32.0 Å². The first kappa shape index (κ1) is 19.9. The zero-order valence-corrected chi connectivity index (χ0v) is 17.4. The van der Waals surface area contributed by atoms with E-state index in [0.717, 1.165) is 39.0 Å². The molecule has 1 aliphatic heterocycles. The maximum Gasteiger partial charge on any atom is 0.298 e. The molecule has 0 saturated carbocycles. The molecule has 30 heavy (non-hydrogen) atoms. The number of nitrogens with zero attached hydrogens (tertiary/aromatic N) is 1. The third-order valence-electron chi connectivity index (χ3n) is 6.14. The van der Waals surface area contributed by atoms with Crippen molar-refractivity contribution >= 4 is 17.4 Å². The summed E-state index contributed by atoms with van der Waals surface area (Å²) in [6.07, 6.45) is 1.30. The van der Waals surface area contributed by atoms with Crippen LogP contribution in [0.1, 0.15) is 53.4 Å². The SMILES string of the molecule is CC#CC(=O)N1CCc2cc(-c3c(F)cc(C(N)=O)c4c3C(C)=C(C)C4)ccc2C1. The minimum absolute atomic E-state index is 0.172. The number of amides is 2. The van der Waals surface area contributed by atoms with Crippen LogP contribution in [0.5, 0.6) is 0 Å². The quantitative estimate of drug-likeness (QED) is 0.776. The van der Waals surface area contributed by atoms with Crippen LogP contribution < -0.4 is 5.73 Å².